The van der Waals surface area contributed by atoms with Crippen LogP contribution in [0.4, 0.5) is 0 Å². The molecule has 0 atom stereocenters. The summed E-state index contributed by atoms with van der Waals surface area (Å²) in [7, 11) is 0. The van der Waals surface area contributed by atoms with Gasteiger partial charge in [0.05, 0.1) is 17.7 Å². The number of hydrogen-bond donors (Lipinski definition) is 1. The SMILES string of the molecule is OC1CCN(Cc2ccccc2-c2nc(CCl)cs2)CC1. The van der Waals surface area contributed by atoms with Crippen LogP contribution in [0.2, 0.25) is 0 Å². The summed E-state index contributed by atoms with van der Waals surface area (Å²) in [4.78, 5) is 7.00. The van der Waals surface area contributed by atoms with E-state index in [-0.39, 0.29) is 6.10 Å². The molecule has 1 aromatic carbocycles. The molecule has 1 aromatic heterocycles. The number of aliphatic hydroxyl groups is 1. The first-order valence-corrected chi connectivity index (χ1v) is 8.66. The molecule has 0 amide bonds. The maximum Gasteiger partial charge on any atom is 0.123 e. The average Bonchev–Trinajstić information content (AvgIpc) is 2.99. The van der Waals surface area contributed by atoms with Crippen molar-refractivity contribution in [2.75, 3.05) is 13.1 Å². The number of benzene rings is 1. The number of thiazole rings is 1. The highest BCUT2D eigenvalue weighted by Gasteiger charge is 2.18. The summed E-state index contributed by atoms with van der Waals surface area (Å²) in [5.74, 6) is 0.461. The van der Waals surface area contributed by atoms with Crippen LogP contribution in [-0.2, 0) is 12.4 Å². The van der Waals surface area contributed by atoms with Crippen LogP contribution in [0, 0.1) is 0 Å². The third kappa shape index (κ3) is 3.64. The van der Waals surface area contributed by atoms with Crippen LogP contribution in [-0.4, -0.2) is 34.2 Å². The molecule has 1 aliphatic heterocycles. The number of rotatable bonds is 4. The van der Waals surface area contributed by atoms with Gasteiger partial charge in [0, 0.05) is 30.6 Å². The van der Waals surface area contributed by atoms with Crippen molar-refractivity contribution in [1.29, 1.82) is 0 Å². The van der Waals surface area contributed by atoms with Crippen LogP contribution in [0.3, 0.4) is 0 Å². The third-order valence-corrected chi connectivity index (χ3v) is 5.09. The predicted molar refractivity (Wildman–Crippen MR) is 87.6 cm³/mol. The zero-order chi connectivity index (χ0) is 14.7. The topological polar surface area (TPSA) is 36.4 Å². The highest BCUT2D eigenvalue weighted by atomic mass is 35.5. The zero-order valence-electron chi connectivity index (χ0n) is 11.8. The van der Waals surface area contributed by atoms with Gasteiger partial charge in [-0.2, -0.15) is 0 Å². The van der Waals surface area contributed by atoms with Crippen molar-refractivity contribution in [2.45, 2.75) is 31.4 Å². The fraction of sp³-hybridized carbons (Fsp3) is 0.438. The van der Waals surface area contributed by atoms with Gasteiger partial charge >= 0.3 is 0 Å². The number of hydrogen-bond acceptors (Lipinski definition) is 4. The molecule has 1 fully saturated rings. The summed E-state index contributed by atoms with van der Waals surface area (Å²) >= 11 is 7.50. The van der Waals surface area contributed by atoms with E-state index in [9.17, 15) is 5.11 Å². The Labute approximate surface area is 134 Å². The van der Waals surface area contributed by atoms with E-state index >= 15 is 0 Å². The van der Waals surface area contributed by atoms with Gasteiger partial charge < -0.3 is 5.11 Å². The van der Waals surface area contributed by atoms with E-state index in [1.54, 1.807) is 11.3 Å². The molecule has 0 aliphatic carbocycles. The number of aromatic nitrogens is 1. The van der Waals surface area contributed by atoms with Crippen LogP contribution >= 0.6 is 22.9 Å². The second kappa shape index (κ2) is 6.88. The van der Waals surface area contributed by atoms with Gasteiger partial charge in [-0.3, -0.25) is 4.90 Å². The summed E-state index contributed by atoms with van der Waals surface area (Å²) in [5, 5.41) is 12.7. The fourth-order valence-corrected chi connectivity index (χ4v) is 3.79. The summed E-state index contributed by atoms with van der Waals surface area (Å²) in [6, 6.07) is 8.43. The number of aliphatic hydroxyl groups excluding tert-OH is 1. The second-order valence-electron chi connectivity index (χ2n) is 5.44. The molecule has 0 spiro atoms. The van der Waals surface area contributed by atoms with Crippen molar-refractivity contribution in [3.63, 3.8) is 0 Å². The maximum atomic E-state index is 9.61. The Kier molecular flexibility index (Phi) is 4.91. The van der Waals surface area contributed by atoms with E-state index in [0.29, 0.717) is 5.88 Å². The average molecular weight is 323 g/mol. The Morgan fingerprint density at radius 1 is 1.29 bits per heavy atom. The van der Waals surface area contributed by atoms with Crippen molar-refractivity contribution in [2.24, 2.45) is 0 Å². The molecule has 0 radical (unpaired) electrons. The monoisotopic (exact) mass is 322 g/mol. The molecule has 0 unspecified atom stereocenters. The molecule has 0 saturated carbocycles. The summed E-state index contributed by atoms with van der Waals surface area (Å²) < 4.78 is 0. The molecule has 5 heteroatoms. The standard InChI is InChI=1S/C16H19ClN2OS/c17-9-13-11-21-16(18-13)15-4-2-1-3-12(15)10-19-7-5-14(20)6-8-19/h1-4,11,14,20H,5-10H2. The number of alkyl halides is 1. The first-order chi connectivity index (χ1) is 10.3. The molecule has 2 aromatic rings. The van der Waals surface area contributed by atoms with Gasteiger partial charge in [0.1, 0.15) is 5.01 Å². The highest BCUT2D eigenvalue weighted by Crippen LogP contribution is 2.29. The van der Waals surface area contributed by atoms with Crippen molar-refractivity contribution in [3.05, 3.63) is 40.9 Å². The van der Waals surface area contributed by atoms with E-state index in [1.165, 1.54) is 11.1 Å². The zero-order valence-corrected chi connectivity index (χ0v) is 13.4. The van der Waals surface area contributed by atoms with Crippen LogP contribution in [0.1, 0.15) is 24.1 Å². The maximum absolute atomic E-state index is 9.61. The summed E-state index contributed by atoms with van der Waals surface area (Å²) in [5.41, 5.74) is 3.43. The molecule has 1 saturated heterocycles. The Hall–Kier alpha value is -0.940. The molecule has 2 heterocycles. The normalized spacial score (nSPS) is 17.2. The molecular formula is C16H19ClN2OS. The molecule has 112 valence electrons. The van der Waals surface area contributed by atoms with Crippen molar-refractivity contribution >= 4 is 22.9 Å². The Morgan fingerprint density at radius 2 is 2.05 bits per heavy atom. The van der Waals surface area contributed by atoms with E-state index in [4.69, 9.17) is 11.6 Å². The number of likely N-dealkylation sites (tertiary alicyclic amines) is 1. The lowest BCUT2D eigenvalue weighted by atomic mass is 10.0. The van der Waals surface area contributed by atoms with Gasteiger partial charge in [-0.15, -0.1) is 22.9 Å². The van der Waals surface area contributed by atoms with Crippen molar-refractivity contribution in [1.82, 2.24) is 9.88 Å². The summed E-state index contributed by atoms with van der Waals surface area (Å²) in [6.07, 6.45) is 1.62. The van der Waals surface area contributed by atoms with E-state index in [0.717, 1.165) is 43.2 Å². The minimum Gasteiger partial charge on any atom is -0.393 e. The van der Waals surface area contributed by atoms with E-state index < -0.39 is 0 Å². The van der Waals surface area contributed by atoms with Crippen LogP contribution in [0.15, 0.2) is 29.6 Å². The Morgan fingerprint density at radius 3 is 2.76 bits per heavy atom. The fourth-order valence-electron chi connectivity index (χ4n) is 2.68. The molecule has 21 heavy (non-hydrogen) atoms. The Bertz CT molecular complexity index is 593. The summed E-state index contributed by atoms with van der Waals surface area (Å²) in [6.45, 7) is 2.83. The van der Waals surface area contributed by atoms with Gasteiger partial charge in [-0.1, -0.05) is 24.3 Å². The molecular weight excluding hydrogens is 304 g/mol. The highest BCUT2D eigenvalue weighted by molar-refractivity contribution is 7.13. The van der Waals surface area contributed by atoms with Crippen LogP contribution in [0.25, 0.3) is 10.6 Å². The first-order valence-electron chi connectivity index (χ1n) is 7.25. The number of piperidine rings is 1. The lowest BCUT2D eigenvalue weighted by molar-refractivity contribution is 0.0793. The molecule has 1 aliphatic rings. The third-order valence-electron chi connectivity index (χ3n) is 3.89. The van der Waals surface area contributed by atoms with Gasteiger partial charge in [-0.05, 0) is 18.4 Å². The number of halogens is 1. The molecule has 3 nitrogen and oxygen atoms in total. The van der Waals surface area contributed by atoms with Crippen molar-refractivity contribution < 1.29 is 5.11 Å². The molecule has 0 bridgehead atoms. The van der Waals surface area contributed by atoms with Crippen LogP contribution in [0.5, 0.6) is 0 Å². The van der Waals surface area contributed by atoms with Crippen LogP contribution < -0.4 is 0 Å². The second-order valence-corrected chi connectivity index (χ2v) is 6.57. The lowest BCUT2D eigenvalue weighted by Crippen LogP contribution is -2.35. The smallest absolute Gasteiger partial charge is 0.123 e. The van der Waals surface area contributed by atoms with E-state index in [1.807, 2.05) is 5.38 Å². The van der Waals surface area contributed by atoms with Crippen molar-refractivity contribution in [3.8, 4) is 10.6 Å². The largest absolute Gasteiger partial charge is 0.393 e. The quantitative estimate of drug-likeness (QED) is 0.875. The van der Waals surface area contributed by atoms with Gasteiger partial charge in [0.15, 0.2) is 0 Å². The van der Waals surface area contributed by atoms with Gasteiger partial charge in [-0.25, -0.2) is 4.98 Å². The Balaban J connectivity index is 1.79. The minimum absolute atomic E-state index is 0.123. The number of nitrogens with zero attached hydrogens (tertiary/aromatic N) is 2. The predicted octanol–water partition coefficient (Wildman–Crippen LogP) is 3.51. The van der Waals surface area contributed by atoms with Gasteiger partial charge in [0.25, 0.3) is 0 Å². The lowest BCUT2D eigenvalue weighted by Gasteiger charge is -2.29. The molecule has 1 N–H and O–H groups in total. The molecule has 3 rings (SSSR count). The van der Waals surface area contributed by atoms with E-state index in [2.05, 4.69) is 34.1 Å². The van der Waals surface area contributed by atoms with Gasteiger partial charge in [0.2, 0.25) is 0 Å². The minimum atomic E-state index is -0.123. The first kappa shape index (κ1) is 15.0.